The number of nitrogens with zero attached hydrogens (tertiary/aromatic N) is 1. The fourth-order valence-electron chi connectivity index (χ4n) is 2.08. The summed E-state index contributed by atoms with van der Waals surface area (Å²) in [6, 6.07) is 9.20. The molecule has 0 saturated heterocycles. The summed E-state index contributed by atoms with van der Waals surface area (Å²) in [5, 5.41) is 11.5. The van der Waals surface area contributed by atoms with E-state index in [4.69, 9.17) is 0 Å². The van der Waals surface area contributed by atoms with Crippen molar-refractivity contribution in [2.24, 2.45) is 0 Å². The van der Waals surface area contributed by atoms with Gasteiger partial charge in [0, 0.05) is 6.42 Å². The predicted octanol–water partition coefficient (Wildman–Crippen LogP) is 2.45. The fraction of sp³-hybridized carbons (Fsp3) is 0.214. The molecule has 0 aliphatic carbocycles. The molecule has 0 radical (unpaired) electrons. The molecule has 0 N–H and O–H groups in total. The van der Waals surface area contributed by atoms with Gasteiger partial charge in [-0.1, -0.05) is 29.8 Å². The second kappa shape index (κ2) is 5.32. The summed E-state index contributed by atoms with van der Waals surface area (Å²) in [6.07, 6.45) is 1.62. The summed E-state index contributed by atoms with van der Waals surface area (Å²) in [7, 11) is -2.54. The summed E-state index contributed by atoms with van der Waals surface area (Å²) >= 11 is 0. The van der Waals surface area contributed by atoms with Crippen LogP contribution in [0, 0.1) is 23.7 Å². The van der Waals surface area contributed by atoms with E-state index in [2.05, 4.69) is 0 Å². The molecule has 0 aliphatic rings. The highest BCUT2D eigenvalue weighted by atomic mass is 32.2. The molecule has 0 aliphatic heterocycles. The van der Waals surface area contributed by atoms with Crippen molar-refractivity contribution in [3.63, 3.8) is 0 Å². The molecular formula is C14H14NO3S-. The largest absolute Gasteiger partial charge is 0.805 e. The molecule has 2 aromatic rings. The second-order valence-corrected chi connectivity index (χ2v) is 5.36. The van der Waals surface area contributed by atoms with E-state index in [0.29, 0.717) is 16.7 Å². The van der Waals surface area contributed by atoms with Crippen molar-refractivity contribution in [2.45, 2.75) is 20.3 Å². The first-order valence-electron chi connectivity index (χ1n) is 5.85. The van der Waals surface area contributed by atoms with Crippen LogP contribution in [0.15, 0.2) is 36.5 Å². The Morgan fingerprint density at radius 1 is 1.16 bits per heavy atom. The summed E-state index contributed by atoms with van der Waals surface area (Å²) in [6.45, 7) is 3.98. The summed E-state index contributed by atoms with van der Waals surface area (Å²) in [5.41, 5.74) is 3.77. The van der Waals surface area contributed by atoms with Crippen molar-refractivity contribution in [3.8, 4) is 0 Å². The number of hydrogen-bond acceptors (Lipinski definition) is 3. The van der Waals surface area contributed by atoms with E-state index in [1.165, 1.54) is 6.20 Å². The fourth-order valence-corrected chi connectivity index (χ4v) is 2.64. The maximum atomic E-state index is 11.5. The van der Waals surface area contributed by atoms with E-state index in [1.807, 2.05) is 32.0 Å². The van der Waals surface area contributed by atoms with E-state index in [9.17, 15) is 13.6 Å². The number of rotatable bonds is 2. The topological polar surface area (TPSA) is 62.1 Å². The lowest BCUT2D eigenvalue weighted by Crippen LogP contribution is -2.00. The van der Waals surface area contributed by atoms with Crippen LogP contribution < -0.4 is 0 Å². The Kier molecular flexibility index (Phi) is 3.76. The Morgan fingerprint density at radius 2 is 1.89 bits per heavy atom. The summed E-state index contributed by atoms with van der Waals surface area (Å²) in [4.78, 5) is 0. The van der Waals surface area contributed by atoms with Crippen LogP contribution in [-0.4, -0.2) is 13.1 Å². The molecule has 1 aromatic carbocycles. The van der Waals surface area contributed by atoms with Crippen LogP contribution >= 0.6 is 0 Å². The monoisotopic (exact) mass is 276 g/mol. The predicted molar refractivity (Wildman–Crippen MR) is 74.1 cm³/mol. The van der Waals surface area contributed by atoms with Gasteiger partial charge in [-0.3, -0.25) is 0 Å². The minimum atomic E-state index is -2.54. The third kappa shape index (κ3) is 2.88. The van der Waals surface area contributed by atoms with Gasteiger partial charge in [0.15, 0.2) is 4.64 Å². The van der Waals surface area contributed by atoms with Crippen LogP contribution in [0.5, 0.6) is 0 Å². The van der Waals surface area contributed by atoms with Gasteiger partial charge >= 0.3 is 0 Å². The van der Waals surface area contributed by atoms with E-state index in [1.54, 1.807) is 12.1 Å². The smallest absolute Gasteiger partial charge is 0.238 e. The van der Waals surface area contributed by atoms with Crippen molar-refractivity contribution in [3.05, 3.63) is 68.6 Å². The molecule has 2 rings (SSSR count). The van der Waals surface area contributed by atoms with Gasteiger partial charge in [0.2, 0.25) is 10.3 Å². The molecule has 4 nitrogen and oxygen atoms in total. The van der Waals surface area contributed by atoms with Gasteiger partial charge in [-0.25, -0.2) is 0 Å². The van der Waals surface area contributed by atoms with Crippen LogP contribution in [0.3, 0.4) is 0 Å². The Morgan fingerprint density at radius 3 is 2.53 bits per heavy atom. The van der Waals surface area contributed by atoms with Crippen molar-refractivity contribution >= 4 is 10.3 Å². The Bertz CT molecular complexity index is 781. The van der Waals surface area contributed by atoms with Crippen LogP contribution in [0.1, 0.15) is 22.3 Å². The number of benzene rings is 1. The van der Waals surface area contributed by atoms with Gasteiger partial charge in [0.1, 0.15) is 0 Å². The first kappa shape index (κ1) is 13.4. The number of aryl methyl sites for hydroxylation is 2. The highest BCUT2D eigenvalue weighted by Crippen LogP contribution is 2.16. The van der Waals surface area contributed by atoms with Crippen LogP contribution in [0.25, 0.3) is 0 Å². The standard InChI is InChI=1S/C14H14NO3S/c1-10-5-6-12(11(2)8-10)9-13-4-3-7-15(16)14(13)19(17)18/h3-8H,9H2,1-2H3/q-1. The third-order valence-electron chi connectivity index (χ3n) is 3.03. The van der Waals surface area contributed by atoms with Crippen LogP contribution in [-0.2, 0) is 16.7 Å². The lowest BCUT2D eigenvalue weighted by atomic mass is 10.00. The van der Waals surface area contributed by atoms with Crippen molar-refractivity contribution in [1.29, 1.82) is 0 Å². The van der Waals surface area contributed by atoms with Gasteiger partial charge in [0.05, 0.1) is 0 Å². The lowest BCUT2D eigenvalue weighted by molar-refractivity contribution is 0.623. The van der Waals surface area contributed by atoms with Gasteiger partial charge in [-0.15, -0.1) is 0 Å². The van der Waals surface area contributed by atoms with Gasteiger partial charge < -0.3 is 9.94 Å². The normalized spacial score (nSPS) is 10.4. The van der Waals surface area contributed by atoms with Gasteiger partial charge in [-0.2, -0.15) is 8.42 Å². The quantitative estimate of drug-likeness (QED) is 0.791. The molecule has 0 amide bonds. The highest BCUT2D eigenvalue weighted by Gasteiger charge is 2.04. The number of aromatic nitrogens is 1. The highest BCUT2D eigenvalue weighted by molar-refractivity contribution is 7.63. The molecule has 5 heteroatoms. The van der Waals surface area contributed by atoms with Gasteiger partial charge in [-0.05, 0) is 42.8 Å². The molecule has 100 valence electrons. The average molecular weight is 276 g/mol. The maximum Gasteiger partial charge on any atom is 0.238 e. The molecule has 0 atom stereocenters. The molecule has 1 heterocycles. The number of pyridine rings is 1. The van der Waals surface area contributed by atoms with E-state index >= 15 is 0 Å². The maximum absolute atomic E-state index is 11.5. The lowest BCUT2D eigenvalue weighted by Gasteiger charge is -2.13. The van der Waals surface area contributed by atoms with Crippen LogP contribution in [0.2, 0.25) is 0 Å². The molecule has 0 unspecified atom stereocenters. The SMILES string of the molecule is Cc1ccc(Cc2cccn([O-])c2=S(=O)=O)c(C)c1. The zero-order valence-electron chi connectivity index (χ0n) is 10.8. The van der Waals surface area contributed by atoms with E-state index in [0.717, 1.165) is 16.7 Å². The van der Waals surface area contributed by atoms with Crippen LogP contribution in [0.4, 0.5) is 0 Å². The molecule has 0 fully saturated rings. The molecule has 0 spiro atoms. The average Bonchev–Trinajstić information content (AvgIpc) is 2.32. The first-order chi connectivity index (χ1) is 8.99. The molecular weight excluding hydrogens is 262 g/mol. The Labute approximate surface area is 113 Å². The van der Waals surface area contributed by atoms with Crippen molar-refractivity contribution in [2.75, 3.05) is 0 Å². The third-order valence-corrected chi connectivity index (χ3v) is 3.79. The Balaban J connectivity index is 2.57. The zero-order chi connectivity index (χ0) is 14.0. The second-order valence-electron chi connectivity index (χ2n) is 4.51. The first-order valence-corrected chi connectivity index (χ1v) is 6.93. The number of hydrogen-bond donors (Lipinski definition) is 0. The molecule has 1 aromatic heterocycles. The van der Waals surface area contributed by atoms with E-state index in [-0.39, 0.29) is 4.64 Å². The minimum absolute atomic E-state index is 0.206. The van der Waals surface area contributed by atoms with Crippen molar-refractivity contribution < 1.29 is 8.42 Å². The molecule has 19 heavy (non-hydrogen) atoms. The molecule has 0 bridgehead atoms. The van der Waals surface area contributed by atoms with E-state index < -0.39 is 10.3 Å². The zero-order valence-corrected chi connectivity index (χ0v) is 11.6. The molecule has 0 saturated carbocycles. The van der Waals surface area contributed by atoms with Crippen molar-refractivity contribution in [1.82, 2.24) is 4.73 Å². The minimum Gasteiger partial charge on any atom is -0.805 e. The van der Waals surface area contributed by atoms with Gasteiger partial charge in [0.25, 0.3) is 0 Å². The summed E-state index contributed by atoms with van der Waals surface area (Å²) < 4.78 is 22.5. The Hall–Kier alpha value is -2.01. The summed E-state index contributed by atoms with van der Waals surface area (Å²) in [5.74, 6) is 0.